The van der Waals surface area contributed by atoms with Crippen molar-refractivity contribution in [3.8, 4) is 0 Å². The van der Waals surface area contributed by atoms with Gasteiger partial charge in [-0.1, -0.05) is 6.92 Å². The van der Waals surface area contributed by atoms with Gasteiger partial charge in [0.25, 0.3) is 0 Å². The van der Waals surface area contributed by atoms with Crippen LogP contribution in [0.4, 0.5) is 0 Å². The van der Waals surface area contributed by atoms with Crippen molar-refractivity contribution in [2.24, 2.45) is 11.8 Å². The van der Waals surface area contributed by atoms with Gasteiger partial charge in [-0.25, -0.2) is 0 Å². The second kappa shape index (κ2) is 7.27. The Morgan fingerprint density at radius 2 is 1.61 bits per heavy atom. The highest BCUT2D eigenvalue weighted by atomic mass is 16.7. The van der Waals surface area contributed by atoms with Crippen LogP contribution in [0.2, 0.25) is 0 Å². The first kappa shape index (κ1) is 17.7. The van der Waals surface area contributed by atoms with Gasteiger partial charge in [0.05, 0.1) is 12.5 Å². The third-order valence-electron chi connectivity index (χ3n) is 3.93. The van der Waals surface area contributed by atoms with E-state index in [1.165, 1.54) is 20.8 Å². The van der Waals surface area contributed by atoms with Crippen LogP contribution in [0, 0.1) is 11.8 Å². The maximum Gasteiger partial charge on any atom is 0.303 e. The Hall–Kier alpha value is -1.67. The zero-order valence-electron chi connectivity index (χ0n) is 13.6. The molecule has 0 radical (unpaired) electrons. The smallest absolute Gasteiger partial charge is 0.303 e. The number of carbonyl (C=O) groups excluding carboxylic acids is 3. The molecule has 0 unspecified atom stereocenters. The van der Waals surface area contributed by atoms with E-state index in [-0.39, 0.29) is 18.4 Å². The molecule has 130 valence electrons. The molecule has 2 aliphatic rings. The van der Waals surface area contributed by atoms with Crippen LogP contribution < -0.4 is 0 Å². The van der Waals surface area contributed by atoms with Crippen LogP contribution in [-0.2, 0) is 38.1 Å². The molecule has 0 spiro atoms. The fraction of sp³-hybridized carbons (Fsp3) is 0.800. The van der Waals surface area contributed by atoms with E-state index in [1.54, 1.807) is 0 Å². The molecule has 23 heavy (non-hydrogen) atoms. The van der Waals surface area contributed by atoms with E-state index in [0.717, 1.165) is 0 Å². The molecule has 2 rings (SSSR count). The molecular weight excluding hydrogens is 308 g/mol. The summed E-state index contributed by atoms with van der Waals surface area (Å²) >= 11 is 0. The van der Waals surface area contributed by atoms with Gasteiger partial charge in [0.2, 0.25) is 0 Å². The lowest BCUT2D eigenvalue weighted by Crippen LogP contribution is -2.58. The quantitative estimate of drug-likeness (QED) is 0.540. The summed E-state index contributed by atoms with van der Waals surface area (Å²) in [6.45, 7) is 6.09. The molecule has 2 saturated heterocycles. The largest absolute Gasteiger partial charge is 0.463 e. The summed E-state index contributed by atoms with van der Waals surface area (Å²) in [5, 5.41) is 0. The first-order valence-corrected chi connectivity index (χ1v) is 7.54. The molecule has 0 aliphatic carbocycles. The Kier molecular flexibility index (Phi) is 5.59. The normalized spacial score (nSPS) is 36.0. The van der Waals surface area contributed by atoms with Crippen LogP contribution >= 0.6 is 0 Å². The van der Waals surface area contributed by atoms with E-state index in [0.29, 0.717) is 6.61 Å². The van der Waals surface area contributed by atoms with Crippen LogP contribution in [0.15, 0.2) is 0 Å². The van der Waals surface area contributed by atoms with E-state index in [1.807, 2.05) is 6.92 Å². The van der Waals surface area contributed by atoms with Gasteiger partial charge in [0.1, 0.15) is 18.8 Å². The Morgan fingerprint density at radius 1 is 1.00 bits per heavy atom. The van der Waals surface area contributed by atoms with Gasteiger partial charge in [0.15, 0.2) is 12.4 Å². The zero-order valence-corrected chi connectivity index (χ0v) is 13.6. The minimum atomic E-state index is -0.860. The van der Waals surface area contributed by atoms with Crippen molar-refractivity contribution < 1.29 is 38.1 Å². The Labute approximate surface area is 134 Å². The van der Waals surface area contributed by atoms with Gasteiger partial charge in [-0.05, 0) is 5.92 Å². The van der Waals surface area contributed by atoms with Crippen LogP contribution in [0.5, 0.6) is 0 Å². The van der Waals surface area contributed by atoms with Crippen molar-refractivity contribution in [2.75, 3.05) is 13.2 Å². The molecule has 2 fully saturated rings. The minimum Gasteiger partial charge on any atom is -0.463 e. The molecule has 0 aromatic heterocycles. The number of rotatable bonds is 4. The maximum absolute atomic E-state index is 11.5. The molecule has 0 saturated carbocycles. The average molecular weight is 330 g/mol. The lowest BCUT2D eigenvalue weighted by Gasteiger charge is -2.43. The molecule has 0 amide bonds. The Bertz CT molecular complexity index is 476. The molecule has 2 heterocycles. The fourth-order valence-electron chi connectivity index (χ4n) is 3.03. The van der Waals surface area contributed by atoms with E-state index < -0.39 is 42.5 Å². The van der Waals surface area contributed by atoms with Crippen LogP contribution in [-0.4, -0.2) is 55.7 Å². The van der Waals surface area contributed by atoms with Gasteiger partial charge < -0.3 is 23.7 Å². The van der Waals surface area contributed by atoms with Crippen molar-refractivity contribution in [3.05, 3.63) is 0 Å². The lowest BCUT2D eigenvalue weighted by atomic mass is 9.84. The molecule has 0 aromatic rings. The van der Waals surface area contributed by atoms with E-state index >= 15 is 0 Å². The number of esters is 3. The summed E-state index contributed by atoms with van der Waals surface area (Å²) < 4.78 is 27.1. The third-order valence-corrected chi connectivity index (χ3v) is 3.93. The molecule has 8 nitrogen and oxygen atoms in total. The summed E-state index contributed by atoms with van der Waals surface area (Å²) in [4.78, 5) is 34.0. The Morgan fingerprint density at radius 3 is 2.17 bits per heavy atom. The summed E-state index contributed by atoms with van der Waals surface area (Å²) in [5.74, 6) is -1.69. The molecule has 0 N–H and O–H groups in total. The molecular formula is C15H22O8. The number of carbonyl (C=O) groups is 3. The standard InChI is InChI=1S/C15H22O8/c1-7-5-20-15-12(7)14(22-10(4)18)13(21-9(3)17)11(23-15)6-19-8(2)16/h7,11-15H,5-6H2,1-4H3/t7-,11+,12+,13+,14+,15-/m0/s1. The fourth-order valence-corrected chi connectivity index (χ4v) is 3.03. The van der Waals surface area contributed by atoms with Gasteiger partial charge in [0, 0.05) is 20.8 Å². The van der Waals surface area contributed by atoms with Crippen molar-refractivity contribution in [3.63, 3.8) is 0 Å². The average Bonchev–Trinajstić information content (AvgIpc) is 2.79. The van der Waals surface area contributed by atoms with E-state index in [4.69, 9.17) is 23.7 Å². The Balaban J connectivity index is 2.25. The van der Waals surface area contributed by atoms with E-state index in [2.05, 4.69) is 0 Å². The molecule has 0 bridgehead atoms. The summed E-state index contributed by atoms with van der Waals surface area (Å²) in [5.41, 5.74) is 0. The second-order valence-electron chi connectivity index (χ2n) is 5.88. The predicted octanol–water partition coefficient (Wildman–Crippen LogP) is 0.420. The molecule has 6 atom stereocenters. The molecule has 0 aromatic carbocycles. The molecule has 8 heteroatoms. The molecule has 2 aliphatic heterocycles. The van der Waals surface area contributed by atoms with Gasteiger partial charge >= 0.3 is 17.9 Å². The van der Waals surface area contributed by atoms with Crippen LogP contribution in [0.1, 0.15) is 27.7 Å². The SMILES string of the molecule is CC(=O)OC[C@H]1O[C@@H]2OC[C@H](C)[C@@H]2[C@@H](OC(C)=O)[C@@H]1OC(C)=O. The second-order valence-corrected chi connectivity index (χ2v) is 5.88. The first-order chi connectivity index (χ1) is 10.8. The van der Waals surface area contributed by atoms with Crippen molar-refractivity contribution in [1.29, 1.82) is 0 Å². The number of hydrogen-bond acceptors (Lipinski definition) is 8. The topological polar surface area (TPSA) is 97.4 Å². The summed E-state index contributed by atoms with van der Waals surface area (Å²) in [7, 11) is 0. The number of ether oxygens (including phenoxy) is 5. The maximum atomic E-state index is 11.5. The highest BCUT2D eigenvalue weighted by Crippen LogP contribution is 2.40. The number of fused-ring (bicyclic) bond motifs is 1. The summed E-state index contributed by atoms with van der Waals surface area (Å²) in [6.07, 6.45) is -2.94. The van der Waals surface area contributed by atoms with Gasteiger partial charge in [-0.2, -0.15) is 0 Å². The number of hydrogen-bond donors (Lipinski definition) is 0. The highest BCUT2D eigenvalue weighted by Gasteiger charge is 2.55. The minimum absolute atomic E-state index is 0.0667. The third kappa shape index (κ3) is 4.20. The van der Waals surface area contributed by atoms with Crippen molar-refractivity contribution >= 4 is 17.9 Å². The van der Waals surface area contributed by atoms with Gasteiger partial charge in [-0.15, -0.1) is 0 Å². The first-order valence-electron chi connectivity index (χ1n) is 7.54. The van der Waals surface area contributed by atoms with Crippen molar-refractivity contribution in [2.45, 2.75) is 52.3 Å². The van der Waals surface area contributed by atoms with Crippen LogP contribution in [0.25, 0.3) is 0 Å². The predicted molar refractivity (Wildman–Crippen MR) is 75.0 cm³/mol. The lowest BCUT2D eigenvalue weighted by molar-refractivity contribution is -0.270. The van der Waals surface area contributed by atoms with E-state index in [9.17, 15) is 14.4 Å². The van der Waals surface area contributed by atoms with Crippen molar-refractivity contribution in [1.82, 2.24) is 0 Å². The van der Waals surface area contributed by atoms with Gasteiger partial charge in [-0.3, -0.25) is 14.4 Å². The zero-order chi connectivity index (χ0) is 17.1. The van der Waals surface area contributed by atoms with Crippen LogP contribution in [0.3, 0.4) is 0 Å². The highest BCUT2D eigenvalue weighted by molar-refractivity contribution is 5.67. The summed E-state index contributed by atoms with van der Waals surface area (Å²) in [6, 6.07) is 0. The monoisotopic (exact) mass is 330 g/mol.